The molecule has 4 rings (SSSR count). The molecule has 1 atom stereocenters. The molecule has 0 saturated heterocycles. The molecule has 1 heterocycles. The van der Waals surface area contributed by atoms with Crippen LogP contribution >= 0.6 is 0 Å². The van der Waals surface area contributed by atoms with Crippen LogP contribution in [0.5, 0.6) is 34.5 Å². The smallest absolute Gasteiger partial charge is 0.319 e. The zero-order valence-electron chi connectivity index (χ0n) is 23.4. The Labute approximate surface area is 238 Å². The molecule has 0 aromatic heterocycles. The van der Waals surface area contributed by atoms with E-state index in [2.05, 4.69) is 10.6 Å². The maximum absolute atomic E-state index is 13.9. The molecule has 2 amide bonds. The van der Waals surface area contributed by atoms with E-state index in [1.54, 1.807) is 48.5 Å². The maximum atomic E-state index is 13.9. The monoisotopic (exact) mass is 562 g/mol. The summed E-state index contributed by atoms with van der Waals surface area (Å²) in [6.45, 7) is 0. The summed E-state index contributed by atoms with van der Waals surface area (Å²) in [6.07, 6.45) is 1.34. The van der Waals surface area contributed by atoms with Gasteiger partial charge in [0.15, 0.2) is 28.8 Å². The normalized spacial score (nSPS) is 14.6. The first-order valence-corrected chi connectivity index (χ1v) is 13.0. The van der Waals surface area contributed by atoms with Crippen LogP contribution in [0, 0.1) is 0 Å². The molecule has 0 aliphatic carbocycles. The number of methoxy groups -OCH3 is 4. The number of carbonyl (C=O) groups excluding carboxylic acids is 2. The Morgan fingerprint density at radius 2 is 1.37 bits per heavy atom. The number of nitrogens with one attached hydrogen (secondary N) is 2. The molecule has 1 aliphatic heterocycles. The molecule has 216 valence electrons. The van der Waals surface area contributed by atoms with Crippen molar-refractivity contribution in [3.63, 3.8) is 0 Å². The van der Waals surface area contributed by atoms with Crippen molar-refractivity contribution in [2.45, 2.75) is 31.7 Å². The summed E-state index contributed by atoms with van der Waals surface area (Å²) in [5.74, 6) is 1.58. The minimum absolute atomic E-state index is 0.0165. The minimum atomic E-state index is -0.792. The summed E-state index contributed by atoms with van der Waals surface area (Å²) in [7, 11) is 6.00. The fourth-order valence-corrected chi connectivity index (χ4v) is 4.86. The van der Waals surface area contributed by atoms with E-state index in [4.69, 9.17) is 18.9 Å². The van der Waals surface area contributed by atoms with Crippen LogP contribution in [0.1, 0.15) is 35.6 Å². The summed E-state index contributed by atoms with van der Waals surface area (Å²) in [5, 5.41) is 25.7. The number of rotatable bonds is 12. The number of aromatic hydroxyl groups is 2. The van der Waals surface area contributed by atoms with Crippen LogP contribution in [0.15, 0.2) is 65.9 Å². The van der Waals surface area contributed by atoms with Gasteiger partial charge < -0.3 is 39.8 Å². The second-order valence-corrected chi connectivity index (χ2v) is 9.47. The highest BCUT2D eigenvalue weighted by molar-refractivity contribution is 6.00. The lowest BCUT2D eigenvalue weighted by molar-refractivity contribution is -0.116. The van der Waals surface area contributed by atoms with Crippen LogP contribution in [0.4, 0.5) is 4.79 Å². The SMILES string of the molecule is COc1ccc(OC)c(C2NC(=O)NC(CCc3ccc(O)c(OC)c3)=C2C(=O)CCc2ccc(O)c(OC)c2)c1. The molecule has 4 N–H and O–H groups in total. The van der Waals surface area contributed by atoms with Gasteiger partial charge >= 0.3 is 6.03 Å². The van der Waals surface area contributed by atoms with Gasteiger partial charge in [-0.2, -0.15) is 0 Å². The van der Waals surface area contributed by atoms with Gasteiger partial charge in [-0.15, -0.1) is 0 Å². The van der Waals surface area contributed by atoms with Crippen LogP contribution in [-0.4, -0.2) is 50.5 Å². The topological polar surface area (TPSA) is 136 Å². The number of aryl methyl sites for hydroxylation is 2. The largest absolute Gasteiger partial charge is 0.504 e. The molecule has 10 heteroatoms. The van der Waals surface area contributed by atoms with Crippen molar-refractivity contribution >= 4 is 11.8 Å². The predicted octanol–water partition coefficient (Wildman–Crippen LogP) is 4.57. The average molecular weight is 563 g/mol. The second-order valence-electron chi connectivity index (χ2n) is 9.47. The number of Topliss-reactive ketones (excluding diaryl/α,β-unsaturated/α-hetero) is 1. The van der Waals surface area contributed by atoms with Gasteiger partial charge in [0, 0.05) is 23.3 Å². The summed E-state index contributed by atoms with van der Waals surface area (Å²) < 4.78 is 21.4. The fraction of sp³-hybridized carbons (Fsp3) is 0.290. The summed E-state index contributed by atoms with van der Waals surface area (Å²) in [4.78, 5) is 26.8. The van der Waals surface area contributed by atoms with E-state index in [0.717, 1.165) is 11.1 Å². The van der Waals surface area contributed by atoms with Crippen LogP contribution in [0.2, 0.25) is 0 Å². The number of amides is 2. The first kappa shape index (κ1) is 29.1. The third kappa shape index (κ3) is 6.66. The molecule has 1 unspecified atom stereocenters. The molecular weight excluding hydrogens is 528 g/mol. The summed E-state index contributed by atoms with van der Waals surface area (Å²) >= 11 is 0. The van der Waals surface area contributed by atoms with E-state index < -0.39 is 12.1 Å². The standard InChI is InChI=1S/C31H34N2O8/c1-38-20-9-14-26(39-2)21(17-20)30-29(25(36)13-8-19-7-12-24(35)28(16-19)41-4)22(32-31(37)33-30)10-5-18-6-11-23(34)27(15-18)40-3/h6-7,9,11-12,14-17,30,34-35H,5,8,10,13H2,1-4H3,(H2,32,33,37). The lowest BCUT2D eigenvalue weighted by Gasteiger charge is -2.31. The molecule has 0 radical (unpaired) electrons. The van der Waals surface area contributed by atoms with Gasteiger partial charge in [0.05, 0.1) is 34.5 Å². The number of ketones is 1. The lowest BCUT2D eigenvalue weighted by atomic mass is 9.87. The van der Waals surface area contributed by atoms with Crippen molar-refractivity contribution in [3.05, 3.63) is 82.6 Å². The molecule has 1 aliphatic rings. The number of benzene rings is 3. The number of ether oxygens (including phenoxy) is 4. The Balaban J connectivity index is 1.72. The number of hydrogen-bond acceptors (Lipinski definition) is 8. The highest BCUT2D eigenvalue weighted by atomic mass is 16.5. The van der Waals surface area contributed by atoms with Crippen LogP contribution < -0.4 is 29.6 Å². The Morgan fingerprint density at radius 3 is 1.95 bits per heavy atom. The third-order valence-corrected chi connectivity index (χ3v) is 6.99. The molecule has 0 saturated carbocycles. The van der Waals surface area contributed by atoms with Crippen molar-refractivity contribution in [3.8, 4) is 34.5 Å². The van der Waals surface area contributed by atoms with E-state index in [-0.39, 0.29) is 23.7 Å². The van der Waals surface area contributed by atoms with E-state index in [1.807, 2.05) is 0 Å². The van der Waals surface area contributed by atoms with Crippen molar-refractivity contribution in [2.24, 2.45) is 0 Å². The Bertz CT molecular complexity index is 1470. The van der Waals surface area contributed by atoms with Crippen molar-refractivity contribution in [1.82, 2.24) is 10.6 Å². The fourth-order valence-electron chi connectivity index (χ4n) is 4.86. The van der Waals surface area contributed by atoms with Crippen LogP contribution in [0.25, 0.3) is 0 Å². The van der Waals surface area contributed by atoms with Gasteiger partial charge in [-0.25, -0.2) is 4.79 Å². The molecular formula is C31H34N2O8. The molecule has 3 aromatic rings. The Morgan fingerprint density at radius 1 is 0.756 bits per heavy atom. The first-order valence-electron chi connectivity index (χ1n) is 13.0. The minimum Gasteiger partial charge on any atom is -0.504 e. The number of urea groups is 1. The molecule has 0 spiro atoms. The van der Waals surface area contributed by atoms with E-state index >= 15 is 0 Å². The van der Waals surface area contributed by atoms with Crippen molar-refractivity contribution < 1.29 is 38.7 Å². The van der Waals surface area contributed by atoms with Gasteiger partial charge in [0.25, 0.3) is 0 Å². The maximum Gasteiger partial charge on any atom is 0.319 e. The molecule has 0 fully saturated rings. The number of hydrogen-bond donors (Lipinski definition) is 4. The number of allylic oxidation sites excluding steroid dienone is 1. The first-order chi connectivity index (χ1) is 19.8. The predicted molar refractivity (Wildman–Crippen MR) is 152 cm³/mol. The zero-order chi connectivity index (χ0) is 29.5. The van der Waals surface area contributed by atoms with Gasteiger partial charge in [0.2, 0.25) is 0 Å². The quantitative estimate of drug-likeness (QED) is 0.252. The highest BCUT2D eigenvalue weighted by Crippen LogP contribution is 2.38. The number of phenolic OH excluding ortho intramolecular Hbond substituents is 2. The summed E-state index contributed by atoms with van der Waals surface area (Å²) in [6, 6.07) is 14.0. The Hall–Kier alpha value is -4.86. The van der Waals surface area contributed by atoms with Crippen LogP contribution in [-0.2, 0) is 17.6 Å². The molecule has 10 nitrogen and oxygen atoms in total. The third-order valence-electron chi connectivity index (χ3n) is 6.99. The lowest BCUT2D eigenvalue weighted by Crippen LogP contribution is -2.46. The number of carbonyl (C=O) groups is 2. The highest BCUT2D eigenvalue weighted by Gasteiger charge is 2.34. The van der Waals surface area contributed by atoms with Gasteiger partial charge in [0.1, 0.15) is 11.5 Å². The summed E-state index contributed by atoms with van der Waals surface area (Å²) in [5.41, 5.74) is 3.16. The van der Waals surface area contributed by atoms with Crippen LogP contribution in [0.3, 0.4) is 0 Å². The molecule has 41 heavy (non-hydrogen) atoms. The second kappa shape index (κ2) is 13.0. The number of phenols is 2. The van der Waals surface area contributed by atoms with Crippen molar-refractivity contribution in [1.29, 1.82) is 0 Å². The van der Waals surface area contributed by atoms with Gasteiger partial charge in [-0.1, -0.05) is 12.1 Å². The molecule has 0 bridgehead atoms. The van der Waals surface area contributed by atoms with E-state index in [1.165, 1.54) is 34.5 Å². The van der Waals surface area contributed by atoms with Crippen molar-refractivity contribution in [2.75, 3.05) is 28.4 Å². The van der Waals surface area contributed by atoms with E-state index in [9.17, 15) is 19.8 Å². The van der Waals surface area contributed by atoms with Gasteiger partial charge in [-0.3, -0.25) is 4.79 Å². The molecule has 3 aromatic carbocycles. The Kier molecular flexibility index (Phi) is 9.23. The average Bonchev–Trinajstić information content (AvgIpc) is 2.99. The van der Waals surface area contributed by atoms with Gasteiger partial charge in [-0.05, 0) is 72.9 Å². The zero-order valence-corrected chi connectivity index (χ0v) is 23.4. The van der Waals surface area contributed by atoms with E-state index in [0.29, 0.717) is 59.1 Å².